The first kappa shape index (κ1) is 22.8. The molecule has 164 valence electrons. The van der Waals surface area contributed by atoms with Crippen molar-refractivity contribution in [3.63, 3.8) is 0 Å². The molecule has 2 nitrogen and oxygen atoms in total. The Morgan fingerprint density at radius 1 is 1.03 bits per heavy atom. The van der Waals surface area contributed by atoms with Gasteiger partial charge in [0, 0.05) is 5.92 Å². The summed E-state index contributed by atoms with van der Waals surface area (Å²) in [5.74, 6) is 2.18. The topological polar surface area (TPSA) is 40.5 Å². The smallest absolute Gasteiger partial charge is 0.0651 e. The molecule has 3 rings (SSSR count). The van der Waals surface area contributed by atoms with Crippen LogP contribution in [-0.4, -0.2) is 21.9 Å². The van der Waals surface area contributed by atoms with E-state index in [1.807, 2.05) is 13.8 Å². The summed E-state index contributed by atoms with van der Waals surface area (Å²) in [6.45, 7) is 10.8. The van der Waals surface area contributed by atoms with Crippen LogP contribution in [0.25, 0.3) is 0 Å². The second-order valence-corrected chi connectivity index (χ2v) is 11.1. The second kappa shape index (κ2) is 9.10. The summed E-state index contributed by atoms with van der Waals surface area (Å²) in [6.07, 6.45) is 19.9. The van der Waals surface area contributed by atoms with Crippen LogP contribution in [0, 0.1) is 29.1 Å². The predicted octanol–water partition coefficient (Wildman–Crippen LogP) is 6.59. The molecule has 2 heteroatoms. The van der Waals surface area contributed by atoms with Crippen LogP contribution in [0.3, 0.4) is 0 Å². The van der Waals surface area contributed by atoms with E-state index in [1.54, 1.807) is 5.57 Å². The summed E-state index contributed by atoms with van der Waals surface area (Å²) in [6, 6.07) is 0. The molecule has 0 heterocycles. The van der Waals surface area contributed by atoms with Gasteiger partial charge in [0.05, 0.1) is 11.7 Å². The highest BCUT2D eigenvalue weighted by Crippen LogP contribution is 2.59. The van der Waals surface area contributed by atoms with Gasteiger partial charge in [0.15, 0.2) is 0 Å². The minimum absolute atomic E-state index is 0.125. The van der Waals surface area contributed by atoms with E-state index >= 15 is 0 Å². The van der Waals surface area contributed by atoms with Gasteiger partial charge in [0.25, 0.3) is 0 Å². The molecule has 6 atom stereocenters. The highest BCUT2D eigenvalue weighted by Gasteiger charge is 2.50. The average molecular weight is 401 g/mol. The fourth-order valence-corrected chi connectivity index (χ4v) is 6.30. The van der Waals surface area contributed by atoms with Crippen LogP contribution in [0.5, 0.6) is 0 Å². The first-order valence-corrected chi connectivity index (χ1v) is 12.1. The van der Waals surface area contributed by atoms with Crippen LogP contribution in [0.15, 0.2) is 35.5 Å². The molecule has 0 spiro atoms. The van der Waals surface area contributed by atoms with Crippen molar-refractivity contribution in [3.8, 4) is 0 Å². The van der Waals surface area contributed by atoms with E-state index in [9.17, 15) is 10.2 Å². The van der Waals surface area contributed by atoms with Crippen LogP contribution in [-0.2, 0) is 0 Å². The Morgan fingerprint density at radius 3 is 2.48 bits per heavy atom. The van der Waals surface area contributed by atoms with Crippen LogP contribution >= 0.6 is 0 Å². The normalized spacial score (nSPS) is 38.5. The van der Waals surface area contributed by atoms with Crippen molar-refractivity contribution in [2.75, 3.05) is 0 Å². The van der Waals surface area contributed by atoms with Gasteiger partial charge >= 0.3 is 0 Å². The van der Waals surface area contributed by atoms with Crippen molar-refractivity contribution < 1.29 is 10.2 Å². The van der Waals surface area contributed by atoms with Gasteiger partial charge in [-0.2, -0.15) is 0 Å². The molecule has 0 saturated heterocycles. The molecule has 3 saturated carbocycles. The Morgan fingerprint density at radius 2 is 1.79 bits per heavy atom. The maximum absolute atomic E-state index is 10.2. The quantitative estimate of drug-likeness (QED) is 0.511. The van der Waals surface area contributed by atoms with Gasteiger partial charge in [0.2, 0.25) is 0 Å². The third-order valence-electron chi connectivity index (χ3n) is 8.56. The lowest BCUT2D eigenvalue weighted by atomic mass is 9.61. The molecular weight excluding hydrogens is 356 g/mol. The SMILES string of the molecule is C[C@H](/C=C/[C@H](C)C(C)(C)O)C1CCC2/C(=C/C=C3/CCC[C@H](O)C3)CCCC21C. The van der Waals surface area contributed by atoms with Crippen LogP contribution < -0.4 is 0 Å². The second-order valence-electron chi connectivity index (χ2n) is 11.1. The van der Waals surface area contributed by atoms with Crippen LogP contribution in [0.2, 0.25) is 0 Å². The summed E-state index contributed by atoms with van der Waals surface area (Å²) >= 11 is 0. The van der Waals surface area contributed by atoms with E-state index in [0.29, 0.717) is 17.3 Å². The van der Waals surface area contributed by atoms with E-state index in [4.69, 9.17) is 0 Å². The lowest BCUT2D eigenvalue weighted by molar-refractivity contribution is 0.0436. The van der Waals surface area contributed by atoms with Gasteiger partial charge in [-0.25, -0.2) is 0 Å². The van der Waals surface area contributed by atoms with Gasteiger partial charge in [-0.05, 0) is 94.8 Å². The Balaban J connectivity index is 1.72. The van der Waals surface area contributed by atoms with E-state index in [-0.39, 0.29) is 12.0 Å². The predicted molar refractivity (Wildman–Crippen MR) is 123 cm³/mol. The number of allylic oxidation sites excluding steroid dienone is 4. The number of hydrogen-bond donors (Lipinski definition) is 2. The fourth-order valence-electron chi connectivity index (χ4n) is 6.30. The standard InChI is InChI=1S/C27H44O2/c1-19(11-12-20(2)26(3,4)29)24-15-16-25-22(9-7-17-27(24,25)5)14-13-21-8-6-10-23(28)18-21/h11-14,19-20,23-25,28-29H,6-10,15-18H2,1-5H3/b12-11+,21-13-,22-14+/t19-,20+,23+,24?,25?,27?/m1/s1. The van der Waals surface area contributed by atoms with Crippen LogP contribution in [0.1, 0.15) is 92.4 Å². The molecule has 0 aromatic carbocycles. The van der Waals surface area contributed by atoms with Gasteiger partial charge in [-0.3, -0.25) is 0 Å². The van der Waals surface area contributed by atoms with Gasteiger partial charge in [-0.15, -0.1) is 0 Å². The van der Waals surface area contributed by atoms with E-state index < -0.39 is 5.60 Å². The zero-order chi connectivity index (χ0) is 21.2. The summed E-state index contributed by atoms with van der Waals surface area (Å²) in [7, 11) is 0. The summed E-state index contributed by atoms with van der Waals surface area (Å²) in [5.41, 5.74) is 2.85. The molecule has 29 heavy (non-hydrogen) atoms. The summed E-state index contributed by atoms with van der Waals surface area (Å²) < 4.78 is 0. The highest BCUT2D eigenvalue weighted by atomic mass is 16.3. The number of aliphatic hydroxyl groups excluding tert-OH is 1. The molecule has 0 aromatic rings. The lowest BCUT2D eigenvalue weighted by Gasteiger charge is -2.44. The first-order valence-electron chi connectivity index (χ1n) is 12.1. The monoisotopic (exact) mass is 400 g/mol. The Bertz CT molecular complexity index is 650. The molecule has 3 fully saturated rings. The Hall–Kier alpha value is -0.860. The van der Waals surface area contributed by atoms with E-state index in [2.05, 4.69) is 45.1 Å². The van der Waals surface area contributed by atoms with Crippen molar-refractivity contribution in [2.45, 2.75) is 104 Å². The maximum atomic E-state index is 10.2. The number of fused-ring (bicyclic) bond motifs is 1. The lowest BCUT2D eigenvalue weighted by Crippen LogP contribution is -2.35. The highest BCUT2D eigenvalue weighted by molar-refractivity contribution is 5.26. The maximum Gasteiger partial charge on any atom is 0.0651 e. The Labute approximate surface area is 179 Å². The molecule has 0 radical (unpaired) electrons. The molecule has 0 aromatic heterocycles. The van der Waals surface area contributed by atoms with Crippen LogP contribution in [0.4, 0.5) is 0 Å². The molecule has 3 unspecified atom stereocenters. The van der Waals surface area contributed by atoms with E-state index in [1.165, 1.54) is 37.7 Å². The third-order valence-corrected chi connectivity index (χ3v) is 8.56. The van der Waals surface area contributed by atoms with E-state index in [0.717, 1.165) is 31.6 Å². The van der Waals surface area contributed by atoms with Gasteiger partial charge in [0.1, 0.15) is 0 Å². The molecule has 0 amide bonds. The third kappa shape index (κ3) is 5.25. The van der Waals surface area contributed by atoms with Crippen molar-refractivity contribution in [1.82, 2.24) is 0 Å². The minimum Gasteiger partial charge on any atom is -0.393 e. The zero-order valence-corrected chi connectivity index (χ0v) is 19.5. The van der Waals surface area contributed by atoms with Crippen molar-refractivity contribution in [2.24, 2.45) is 29.1 Å². The molecule has 0 bridgehead atoms. The molecule has 2 N–H and O–H groups in total. The molecule has 0 aliphatic heterocycles. The average Bonchev–Trinajstić information content (AvgIpc) is 3.01. The molecule has 3 aliphatic carbocycles. The fraction of sp³-hybridized carbons (Fsp3) is 0.778. The van der Waals surface area contributed by atoms with Gasteiger partial charge < -0.3 is 10.2 Å². The zero-order valence-electron chi connectivity index (χ0n) is 19.5. The number of hydrogen-bond acceptors (Lipinski definition) is 2. The largest absolute Gasteiger partial charge is 0.393 e. The summed E-state index contributed by atoms with van der Waals surface area (Å²) in [4.78, 5) is 0. The van der Waals surface area contributed by atoms with Crippen molar-refractivity contribution in [3.05, 3.63) is 35.5 Å². The van der Waals surface area contributed by atoms with Crippen molar-refractivity contribution >= 4 is 0 Å². The van der Waals surface area contributed by atoms with Crippen molar-refractivity contribution in [1.29, 1.82) is 0 Å². The first-order chi connectivity index (χ1) is 13.6. The number of aliphatic hydroxyl groups is 2. The summed E-state index contributed by atoms with van der Waals surface area (Å²) in [5, 5.41) is 20.2. The van der Waals surface area contributed by atoms with Gasteiger partial charge in [-0.1, -0.05) is 56.2 Å². The molecular formula is C27H44O2. The Kier molecular flexibility index (Phi) is 7.16. The number of rotatable bonds is 5. The molecule has 3 aliphatic rings. The minimum atomic E-state index is -0.653.